The van der Waals surface area contributed by atoms with E-state index in [0.29, 0.717) is 28.3 Å². The predicted molar refractivity (Wildman–Crippen MR) is 90.7 cm³/mol. The third-order valence-corrected chi connectivity index (χ3v) is 5.20. The molecule has 0 aliphatic rings. The molecule has 1 aromatic heterocycles. The fraction of sp³-hybridized carbons (Fsp3) is 0.375. The quantitative estimate of drug-likeness (QED) is 0.862. The normalized spacial score (nSPS) is 11.8. The first-order valence-electron chi connectivity index (χ1n) is 7.49. The van der Waals surface area contributed by atoms with Crippen LogP contribution in [0.5, 0.6) is 0 Å². The zero-order valence-electron chi connectivity index (χ0n) is 14.3. The highest BCUT2D eigenvalue weighted by atomic mass is 32.2. The summed E-state index contributed by atoms with van der Waals surface area (Å²) in [5.41, 5.74) is 1.84. The molecule has 1 heterocycles. The molecule has 7 nitrogen and oxygen atoms in total. The molecule has 0 aliphatic heterocycles. The maximum Gasteiger partial charge on any atom is 0.261 e. The van der Waals surface area contributed by atoms with E-state index in [0.717, 1.165) is 0 Å². The third-order valence-electron chi connectivity index (χ3n) is 3.64. The Bertz CT molecular complexity index is 869. The fourth-order valence-corrected chi connectivity index (χ4v) is 3.32. The number of nitrogens with zero attached hydrogens (tertiary/aromatic N) is 1. The lowest BCUT2D eigenvalue weighted by atomic mass is 10.0. The number of hydrogen-bond acceptors (Lipinski definition) is 5. The Balaban J connectivity index is 2.38. The van der Waals surface area contributed by atoms with Crippen molar-refractivity contribution in [2.45, 2.75) is 38.5 Å². The van der Waals surface area contributed by atoms with Gasteiger partial charge in [-0.25, -0.2) is 13.1 Å². The molecule has 24 heavy (non-hydrogen) atoms. The standard InChI is InChI=1S/C16H21N3O4S/c1-9(2)15-14(11(4)19-23-15)16(20)18-12-7-6-10(3)13(8-12)24(21,22)17-5/h6-9,17H,1-5H3,(H,18,20). The van der Waals surface area contributed by atoms with Crippen LogP contribution in [-0.2, 0) is 10.0 Å². The summed E-state index contributed by atoms with van der Waals surface area (Å²) in [5, 5.41) is 6.56. The van der Waals surface area contributed by atoms with Crippen LogP contribution in [0.1, 0.15) is 47.1 Å². The van der Waals surface area contributed by atoms with E-state index in [1.54, 1.807) is 26.0 Å². The van der Waals surface area contributed by atoms with Gasteiger partial charge in [-0.3, -0.25) is 4.79 Å². The van der Waals surface area contributed by atoms with Crippen LogP contribution in [0.25, 0.3) is 0 Å². The summed E-state index contributed by atoms with van der Waals surface area (Å²) >= 11 is 0. The van der Waals surface area contributed by atoms with Crippen molar-refractivity contribution in [1.29, 1.82) is 0 Å². The van der Waals surface area contributed by atoms with Crippen LogP contribution in [0, 0.1) is 13.8 Å². The molecule has 0 aliphatic carbocycles. The lowest BCUT2D eigenvalue weighted by molar-refractivity contribution is 0.102. The molecule has 1 amide bonds. The molecule has 2 rings (SSSR count). The Morgan fingerprint density at radius 2 is 1.92 bits per heavy atom. The van der Waals surface area contributed by atoms with Gasteiger partial charge in [-0.15, -0.1) is 0 Å². The summed E-state index contributed by atoms with van der Waals surface area (Å²) in [6.07, 6.45) is 0. The largest absolute Gasteiger partial charge is 0.360 e. The van der Waals surface area contributed by atoms with Crippen molar-refractivity contribution in [3.05, 3.63) is 40.8 Å². The first-order valence-corrected chi connectivity index (χ1v) is 8.97. The number of carbonyl (C=O) groups excluding carboxylic acids is 1. The summed E-state index contributed by atoms with van der Waals surface area (Å²) in [4.78, 5) is 12.7. The highest BCUT2D eigenvalue weighted by Crippen LogP contribution is 2.25. The molecule has 1 aromatic carbocycles. The summed E-state index contributed by atoms with van der Waals surface area (Å²) in [6, 6.07) is 4.72. The van der Waals surface area contributed by atoms with Crippen molar-refractivity contribution in [1.82, 2.24) is 9.88 Å². The van der Waals surface area contributed by atoms with Crippen LogP contribution < -0.4 is 10.0 Å². The van der Waals surface area contributed by atoms with Crippen LogP contribution in [0.2, 0.25) is 0 Å². The van der Waals surface area contributed by atoms with E-state index in [1.807, 2.05) is 13.8 Å². The van der Waals surface area contributed by atoms with Gasteiger partial charge in [0.2, 0.25) is 10.0 Å². The topological polar surface area (TPSA) is 101 Å². The minimum absolute atomic E-state index is 0.00481. The van der Waals surface area contributed by atoms with E-state index in [2.05, 4.69) is 15.2 Å². The number of benzene rings is 1. The zero-order valence-corrected chi connectivity index (χ0v) is 15.1. The molecule has 0 radical (unpaired) electrons. The van der Waals surface area contributed by atoms with Crippen molar-refractivity contribution < 1.29 is 17.7 Å². The van der Waals surface area contributed by atoms with E-state index in [1.165, 1.54) is 13.1 Å². The number of hydrogen-bond donors (Lipinski definition) is 2. The van der Waals surface area contributed by atoms with Gasteiger partial charge < -0.3 is 9.84 Å². The van der Waals surface area contributed by atoms with Crippen LogP contribution in [0.4, 0.5) is 5.69 Å². The Morgan fingerprint density at radius 3 is 2.50 bits per heavy atom. The number of aromatic nitrogens is 1. The van der Waals surface area contributed by atoms with Gasteiger partial charge >= 0.3 is 0 Å². The highest BCUT2D eigenvalue weighted by molar-refractivity contribution is 7.89. The van der Waals surface area contributed by atoms with Crippen LogP contribution in [-0.4, -0.2) is 26.5 Å². The molecule has 8 heteroatoms. The summed E-state index contributed by atoms with van der Waals surface area (Å²) in [5.74, 6) is 0.125. The van der Waals surface area contributed by atoms with Gasteiger partial charge in [-0.1, -0.05) is 25.1 Å². The number of rotatable bonds is 5. The second-order valence-corrected chi connectivity index (χ2v) is 7.66. The maximum atomic E-state index is 12.6. The molecule has 0 atom stereocenters. The van der Waals surface area contributed by atoms with Gasteiger partial charge in [0.05, 0.1) is 10.6 Å². The lowest BCUT2D eigenvalue weighted by Crippen LogP contribution is -2.20. The molecule has 2 aromatic rings. The van der Waals surface area contributed by atoms with Gasteiger partial charge in [-0.05, 0) is 38.6 Å². The number of aryl methyl sites for hydroxylation is 2. The molecular formula is C16H21N3O4S. The summed E-state index contributed by atoms with van der Waals surface area (Å²) in [7, 11) is -2.26. The van der Waals surface area contributed by atoms with E-state index in [4.69, 9.17) is 4.52 Å². The van der Waals surface area contributed by atoms with Gasteiger partial charge in [0, 0.05) is 11.6 Å². The first-order chi connectivity index (χ1) is 11.2. The minimum atomic E-state index is -3.60. The molecule has 2 N–H and O–H groups in total. The van der Waals surface area contributed by atoms with E-state index in [9.17, 15) is 13.2 Å². The number of amides is 1. The second kappa shape index (κ2) is 6.74. The van der Waals surface area contributed by atoms with Crippen molar-refractivity contribution in [2.24, 2.45) is 0 Å². The summed E-state index contributed by atoms with van der Waals surface area (Å²) in [6.45, 7) is 7.19. The van der Waals surface area contributed by atoms with Gasteiger partial charge in [0.15, 0.2) is 5.76 Å². The Kier molecular flexibility index (Phi) is 5.10. The number of anilines is 1. The highest BCUT2D eigenvalue weighted by Gasteiger charge is 2.23. The van der Waals surface area contributed by atoms with Gasteiger partial charge in [0.25, 0.3) is 5.91 Å². The fourth-order valence-electron chi connectivity index (χ4n) is 2.33. The Hall–Kier alpha value is -2.19. The third kappa shape index (κ3) is 3.49. The minimum Gasteiger partial charge on any atom is -0.360 e. The average Bonchev–Trinajstić information content (AvgIpc) is 2.91. The number of nitrogens with one attached hydrogen (secondary N) is 2. The molecule has 0 saturated heterocycles. The van der Waals surface area contributed by atoms with Crippen LogP contribution in [0.15, 0.2) is 27.6 Å². The molecular weight excluding hydrogens is 330 g/mol. The molecule has 130 valence electrons. The summed E-state index contributed by atoms with van der Waals surface area (Å²) < 4.78 is 31.6. The molecule has 0 bridgehead atoms. The second-order valence-electron chi connectivity index (χ2n) is 5.80. The van der Waals surface area contributed by atoms with Crippen molar-refractivity contribution in [2.75, 3.05) is 12.4 Å². The van der Waals surface area contributed by atoms with Crippen molar-refractivity contribution in [3.63, 3.8) is 0 Å². The smallest absolute Gasteiger partial charge is 0.261 e. The molecule has 0 spiro atoms. The van der Waals surface area contributed by atoms with E-state index >= 15 is 0 Å². The predicted octanol–water partition coefficient (Wildman–Crippen LogP) is 2.58. The van der Waals surface area contributed by atoms with Crippen molar-refractivity contribution >= 4 is 21.6 Å². The number of carbonyl (C=O) groups is 1. The monoisotopic (exact) mass is 351 g/mol. The molecule has 0 saturated carbocycles. The number of sulfonamides is 1. The molecule has 0 unspecified atom stereocenters. The van der Waals surface area contributed by atoms with Crippen LogP contribution >= 0.6 is 0 Å². The maximum absolute atomic E-state index is 12.6. The van der Waals surface area contributed by atoms with Crippen LogP contribution in [0.3, 0.4) is 0 Å². The Morgan fingerprint density at radius 1 is 1.25 bits per heavy atom. The zero-order chi connectivity index (χ0) is 18.1. The first kappa shape index (κ1) is 18.2. The van der Waals surface area contributed by atoms with Gasteiger partial charge in [-0.2, -0.15) is 0 Å². The van der Waals surface area contributed by atoms with Gasteiger partial charge in [0.1, 0.15) is 5.56 Å². The lowest BCUT2D eigenvalue weighted by Gasteiger charge is -2.11. The Labute approximate surface area is 141 Å². The molecule has 0 fully saturated rings. The van der Waals surface area contributed by atoms with E-state index in [-0.39, 0.29) is 16.7 Å². The van der Waals surface area contributed by atoms with E-state index < -0.39 is 10.0 Å². The SMILES string of the molecule is CNS(=O)(=O)c1cc(NC(=O)c2c(C)noc2C(C)C)ccc1C. The average molecular weight is 351 g/mol. The van der Waals surface area contributed by atoms with Crippen molar-refractivity contribution in [3.8, 4) is 0 Å².